The lowest BCUT2D eigenvalue weighted by atomic mass is 10.2. The van der Waals surface area contributed by atoms with Crippen molar-refractivity contribution in [3.05, 3.63) is 42.0 Å². The number of carbonyl (C=O) groups excluding carboxylic acids is 1. The van der Waals surface area contributed by atoms with E-state index in [0.29, 0.717) is 65.3 Å². The Morgan fingerprint density at radius 2 is 2.00 bits per heavy atom. The minimum Gasteiger partial charge on any atom is -0.493 e. The van der Waals surface area contributed by atoms with Crippen molar-refractivity contribution in [1.82, 2.24) is 25.1 Å². The number of nitrogens with one attached hydrogen (secondary N) is 3. The van der Waals surface area contributed by atoms with Gasteiger partial charge in [0.05, 0.1) is 68.7 Å². The van der Waals surface area contributed by atoms with Gasteiger partial charge in [0.1, 0.15) is 11.5 Å². The average Bonchev–Trinajstić information content (AvgIpc) is 3.57. The third-order valence-electron chi connectivity index (χ3n) is 5.57. The number of carbonyl (C=O) groups is 1. The second-order valence-corrected chi connectivity index (χ2v) is 7.57. The van der Waals surface area contributed by atoms with Crippen molar-refractivity contribution in [2.45, 2.75) is 6.54 Å². The van der Waals surface area contributed by atoms with E-state index in [-0.39, 0.29) is 5.91 Å². The maximum atomic E-state index is 13.0. The number of benzene rings is 1. The van der Waals surface area contributed by atoms with E-state index in [1.807, 2.05) is 6.07 Å². The number of amides is 1. The van der Waals surface area contributed by atoms with Crippen molar-refractivity contribution in [2.75, 3.05) is 45.8 Å². The summed E-state index contributed by atoms with van der Waals surface area (Å²) >= 11 is 0. The smallest absolute Gasteiger partial charge is 0.259 e. The molecule has 0 bridgehead atoms. The number of hydrogen-bond donors (Lipinski definition) is 3. The van der Waals surface area contributed by atoms with Crippen LogP contribution in [0, 0.1) is 0 Å². The predicted octanol–water partition coefficient (Wildman–Crippen LogP) is 2.65. The Morgan fingerprint density at radius 3 is 2.79 bits per heavy atom. The molecule has 0 saturated carbocycles. The second kappa shape index (κ2) is 8.96. The molecule has 1 aromatic carbocycles. The van der Waals surface area contributed by atoms with Gasteiger partial charge in [-0.05, 0) is 6.07 Å². The van der Waals surface area contributed by atoms with Crippen molar-refractivity contribution in [1.29, 1.82) is 0 Å². The Morgan fingerprint density at radius 1 is 1.21 bits per heavy atom. The molecule has 33 heavy (non-hydrogen) atoms. The second-order valence-electron chi connectivity index (χ2n) is 7.57. The summed E-state index contributed by atoms with van der Waals surface area (Å²) in [5.74, 6) is 2.02. The lowest BCUT2D eigenvalue weighted by Crippen LogP contribution is -2.36. The fourth-order valence-electron chi connectivity index (χ4n) is 3.83. The Labute approximate surface area is 189 Å². The Balaban J connectivity index is 1.38. The highest BCUT2D eigenvalue weighted by Gasteiger charge is 2.21. The number of aromatic nitrogens is 4. The number of furan rings is 1. The number of nitrogens with zero attached hydrogens (tertiary/aromatic N) is 3. The first-order valence-electron chi connectivity index (χ1n) is 10.5. The first-order valence-corrected chi connectivity index (χ1v) is 10.5. The van der Waals surface area contributed by atoms with Gasteiger partial charge in [0, 0.05) is 25.2 Å². The van der Waals surface area contributed by atoms with Gasteiger partial charge in [-0.3, -0.25) is 14.8 Å². The third kappa shape index (κ3) is 4.15. The summed E-state index contributed by atoms with van der Waals surface area (Å²) < 4.78 is 21.7. The number of hydrogen-bond acceptors (Lipinski definition) is 8. The van der Waals surface area contributed by atoms with Crippen molar-refractivity contribution >= 4 is 22.6 Å². The molecule has 5 rings (SSSR count). The van der Waals surface area contributed by atoms with Crippen LogP contribution in [0.4, 0.5) is 5.69 Å². The normalized spacial score (nSPS) is 14.5. The lowest BCUT2D eigenvalue weighted by molar-refractivity contribution is 0.0312. The molecule has 1 fully saturated rings. The van der Waals surface area contributed by atoms with E-state index in [9.17, 15) is 4.79 Å². The molecule has 1 saturated heterocycles. The fourth-order valence-corrected chi connectivity index (χ4v) is 3.83. The standard InChI is InChI=1S/C22H24N6O5/c1-30-17-9-14-15(10-18(17)31-2)25-21(24-14)20-16(11-23-27-20)26-22(29)13-3-6-33-19(13)12-28-4-7-32-8-5-28/h3,6,9-11H,4-5,7-8,12H2,1-2H3,(H,23,27)(H,24,25)(H,26,29). The molecule has 3 aromatic heterocycles. The molecule has 11 heteroatoms. The molecule has 0 radical (unpaired) electrons. The van der Waals surface area contributed by atoms with E-state index in [1.165, 1.54) is 6.26 Å². The summed E-state index contributed by atoms with van der Waals surface area (Å²) in [5.41, 5.74) is 2.98. The Bertz CT molecular complexity index is 1230. The van der Waals surface area contributed by atoms with Crippen molar-refractivity contribution in [2.24, 2.45) is 0 Å². The van der Waals surface area contributed by atoms with E-state index in [2.05, 4.69) is 30.4 Å². The number of aromatic amines is 2. The van der Waals surface area contributed by atoms with E-state index in [0.717, 1.165) is 18.6 Å². The van der Waals surface area contributed by atoms with Gasteiger partial charge in [0.15, 0.2) is 17.3 Å². The summed E-state index contributed by atoms with van der Waals surface area (Å²) in [7, 11) is 3.15. The topological polar surface area (TPSA) is 131 Å². The van der Waals surface area contributed by atoms with Gasteiger partial charge < -0.3 is 28.9 Å². The van der Waals surface area contributed by atoms with Crippen molar-refractivity contribution in [3.63, 3.8) is 0 Å². The number of H-pyrrole nitrogens is 2. The van der Waals surface area contributed by atoms with Crippen LogP contribution in [0.2, 0.25) is 0 Å². The third-order valence-corrected chi connectivity index (χ3v) is 5.57. The van der Waals surface area contributed by atoms with Gasteiger partial charge in [-0.25, -0.2) is 4.98 Å². The molecule has 0 unspecified atom stereocenters. The first-order chi connectivity index (χ1) is 16.2. The number of anilines is 1. The van der Waals surface area contributed by atoms with Crippen LogP contribution >= 0.6 is 0 Å². The maximum absolute atomic E-state index is 13.0. The van der Waals surface area contributed by atoms with E-state index in [4.69, 9.17) is 18.6 Å². The van der Waals surface area contributed by atoms with Crippen LogP contribution < -0.4 is 14.8 Å². The van der Waals surface area contributed by atoms with Gasteiger partial charge in [0.2, 0.25) is 0 Å². The molecule has 172 valence electrons. The average molecular weight is 452 g/mol. The maximum Gasteiger partial charge on any atom is 0.259 e. The zero-order valence-electron chi connectivity index (χ0n) is 18.3. The molecule has 0 atom stereocenters. The molecular formula is C22H24N6O5. The highest BCUT2D eigenvalue weighted by atomic mass is 16.5. The summed E-state index contributed by atoms with van der Waals surface area (Å²) in [6, 6.07) is 5.26. The minimum absolute atomic E-state index is 0.283. The van der Waals surface area contributed by atoms with Crippen molar-refractivity contribution < 1.29 is 23.4 Å². The largest absolute Gasteiger partial charge is 0.493 e. The molecule has 1 amide bonds. The summed E-state index contributed by atoms with van der Waals surface area (Å²) in [6.07, 6.45) is 3.07. The van der Waals surface area contributed by atoms with Crippen LogP contribution in [-0.4, -0.2) is 71.5 Å². The zero-order chi connectivity index (χ0) is 22.8. The monoisotopic (exact) mass is 452 g/mol. The number of methoxy groups -OCH3 is 2. The molecule has 3 N–H and O–H groups in total. The number of morpholine rings is 1. The molecule has 4 heterocycles. The van der Waals surface area contributed by atoms with E-state index in [1.54, 1.807) is 32.5 Å². The zero-order valence-corrected chi connectivity index (χ0v) is 18.3. The molecule has 4 aromatic rings. The van der Waals surface area contributed by atoms with Gasteiger partial charge in [-0.2, -0.15) is 5.10 Å². The lowest BCUT2D eigenvalue weighted by Gasteiger charge is -2.25. The molecular weight excluding hydrogens is 428 g/mol. The molecule has 0 spiro atoms. The van der Waals surface area contributed by atoms with E-state index >= 15 is 0 Å². The molecule has 11 nitrogen and oxygen atoms in total. The van der Waals surface area contributed by atoms with Gasteiger partial charge in [-0.1, -0.05) is 0 Å². The van der Waals surface area contributed by atoms with E-state index < -0.39 is 0 Å². The SMILES string of the molecule is COc1cc2nc(-c3[nH]ncc3NC(=O)c3ccoc3CN3CCOCC3)[nH]c2cc1OC. The molecule has 1 aliphatic heterocycles. The van der Waals surface area contributed by atoms with Crippen LogP contribution in [0.3, 0.4) is 0 Å². The number of rotatable bonds is 7. The Hall–Kier alpha value is -3.83. The van der Waals surface area contributed by atoms with Crippen LogP contribution in [0.1, 0.15) is 16.1 Å². The summed E-state index contributed by atoms with van der Waals surface area (Å²) in [6.45, 7) is 3.50. The fraction of sp³-hybridized carbons (Fsp3) is 0.318. The van der Waals surface area contributed by atoms with Crippen LogP contribution in [-0.2, 0) is 11.3 Å². The summed E-state index contributed by atoms with van der Waals surface area (Å²) in [5, 5.41) is 9.91. The molecule has 0 aliphatic carbocycles. The number of imidazole rings is 1. The van der Waals surface area contributed by atoms with Gasteiger partial charge >= 0.3 is 0 Å². The van der Waals surface area contributed by atoms with Crippen LogP contribution in [0.25, 0.3) is 22.6 Å². The van der Waals surface area contributed by atoms with Crippen LogP contribution in [0.15, 0.2) is 35.1 Å². The quantitative estimate of drug-likeness (QED) is 0.390. The summed E-state index contributed by atoms with van der Waals surface area (Å²) in [4.78, 5) is 23.1. The van der Waals surface area contributed by atoms with Gasteiger partial charge in [0.25, 0.3) is 5.91 Å². The number of ether oxygens (including phenoxy) is 3. The Kier molecular flexibility index (Phi) is 5.71. The van der Waals surface area contributed by atoms with Crippen LogP contribution in [0.5, 0.6) is 11.5 Å². The van der Waals surface area contributed by atoms with Gasteiger partial charge in [-0.15, -0.1) is 0 Å². The minimum atomic E-state index is -0.283. The first kappa shape index (κ1) is 21.0. The predicted molar refractivity (Wildman–Crippen MR) is 120 cm³/mol. The number of fused-ring (bicyclic) bond motifs is 1. The van der Waals surface area contributed by atoms with Crippen molar-refractivity contribution in [3.8, 4) is 23.0 Å². The molecule has 1 aliphatic rings. The highest BCUT2D eigenvalue weighted by molar-refractivity contribution is 6.06. The highest BCUT2D eigenvalue weighted by Crippen LogP contribution is 2.33.